The molecule has 0 heterocycles. The van der Waals surface area contributed by atoms with Crippen molar-refractivity contribution >= 4 is 17.3 Å². The van der Waals surface area contributed by atoms with Crippen LogP contribution in [0.4, 0.5) is 11.4 Å². The lowest BCUT2D eigenvalue weighted by molar-refractivity contribution is -0.384. The fourth-order valence-electron chi connectivity index (χ4n) is 2.06. The van der Waals surface area contributed by atoms with E-state index in [2.05, 4.69) is 5.32 Å². The number of nitro benzene ring substituents is 1. The molecule has 7 heteroatoms. The molecule has 0 radical (unpaired) electrons. The molecular weight excluding hydrogens is 274 g/mol. The monoisotopic (exact) mass is 295 g/mol. The van der Waals surface area contributed by atoms with Gasteiger partial charge in [0, 0.05) is 27.2 Å². The highest BCUT2D eigenvalue weighted by atomic mass is 16.6. The first-order valence-electron chi connectivity index (χ1n) is 6.84. The number of unbranched alkanes of at least 4 members (excludes halogenated alkanes) is 2. The van der Waals surface area contributed by atoms with E-state index < -0.39 is 4.92 Å². The first-order chi connectivity index (χ1) is 10.0. The lowest BCUT2D eigenvalue weighted by atomic mass is 10.1. The Morgan fingerprint density at radius 3 is 2.67 bits per heavy atom. The van der Waals surface area contributed by atoms with Crippen LogP contribution in [0.25, 0.3) is 0 Å². The quantitative estimate of drug-likeness (QED) is 0.433. The van der Waals surface area contributed by atoms with E-state index >= 15 is 0 Å². The van der Waals surface area contributed by atoms with Crippen LogP contribution in [0.2, 0.25) is 0 Å². The van der Waals surface area contributed by atoms with Crippen LogP contribution in [-0.4, -0.2) is 48.1 Å². The Labute approximate surface area is 123 Å². The summed E-state index contributed by atoms with van der Waals surface area (Å²) in [6.45, 7) is 0.632. The Morgan fingerprint density at radius 2 is 2.10 bits per heavy atom. The fraction of sp³-hybridized carbons (Fsp3) is 0.500. The maximum atomic E-state index is 12.3. The zero-order chi connectivity index (χ0) is 15.8. The zero-order valence-corrected chi connectivity index (χ0v) is 12.3. The number of benzene rings is 1. The maximum Gasteiger partial charge on any atom is 0.305 e. The molecule has 1 aromatic rings. The molecular formula is C14H21N3O4. The Balaban J connectivity index is 2.89. The van der Waals surface area contributed by atoms with Gasteiger partial charge in [-0.2, -0.15) is 0 Å². The molecule has 0 fully saturated rings. The van der Waals surface area contributed by atoms with Crippen LogP contribution in [0.3, 0.4) is 0 Å². The number of anilines is 1. The van der Waals surface area contributed by atoms with E-state index in [1.807, 2.05) is 0 Å². The van der Waals surface area contributed by atoms with E-state index in [1.165, 1.54) is 11.0 Å². The van der Waals surface area contributed by atoms with Gasteiger partial charge in [0.15, 0.2) is 0 Å². The standard InChI is InChI=1S/C14H21N3O4/c1-15-12-8-6-7-11(13(12)17(20)21)14(19)16(2)9-4-3-5-10-18/h6-8,15,18H,3-5,9-10H2,1-2H3. The molecule has 1 amide bonds. The second-order valence-electron chi connectivity index (χ2n) is 4.72. The summed E-state index contributed by atoms with van der Waals surface area (Å²) in [6, 6.07) is 4.65. The van der Waals surface area contributed by atoms with Crippen LogP contribution in [-0.2, 0) is 0 Å². The molecule has 0 bridgehead atoms. The molecule has 0 aliphatic carbocycles. The van der Waals surface area contributed by atoms with E-state index in [1.54, 1.807) is 26.2 Å². The smallest absolute Gasteiger partial charge is 0.305 e. The average Bonchev–Trinajstić information content (AvgIpc) is 2.49. The van der Waals surface area contributed by atoms with Gasteiger partial charge in [0.05, 0.1) is 4.92 Å². The number of carbonyl (C=O) groups excluding carboxylic acids is 1. The molecule has 0 aromatic heterocycles. The van der Waals surface area contributed by atoms with Gasteiger partial charge >= 0.3 is 5.69 Å². The van der Waals surface area contributed by atoms with Gasteiger partial charge in [-0.25, -0.2) is 0 Å². The molecule has 7 nitrogen and oxygen atoms in total. The number of amides is 1. The number of aliphatic hydroxyl groups is 1. The summed E-state index contributed by atoms with van der Waals surface area (Å²) in [4.78, 5) is 24.5. The maximum absolute atomic E-state index is 12.3. The van der Waals surface area contributed by atoms with Gasteiger partial charge in [-0.3, -0.25) is 14.9 Å². The van der Waals surface area contributed by atoms with Crippen molar-refractivity contribution in [3.63, 3.8) is 0 Å². The van der Waals surface area contributed by atoms with E-state index in [0.717, 1.165) is 12.8 Å². The Hall–Kier alpha value is -2.15. The van der Waals surface area contributed by atoms with Crippen molar-refractivity contribution in [2.24, 2.45) is 0 Å². The van der Waals surface area contributed by atoms with Gasteiger partial charge in [-0.05, 0) is 31.4 Å². The minimum absolute atomic E-state index is 0.0801. The second-order valence-corrected chi connectivity index (χ2v) is 4.72. The van der Waals surface area contributed by atoms with Crippen molar-refractivity contribution < 1.29 is 14.8 Å². The average molecular weight is 295 g/mol. The van der Waals surface area contributed by atoms with Crippen LogP contribution in [0, 0.1) is 10.1 Å². The lowest BCUT2D eigenvalue weighted by Gasteiger charge is -2.17. The SMILES string of the molecule is CNc1cccc(C(=O)N(C)CCCCCO)c1[N+](=O)[O-]. The first-order valence-corrected chi connectivity index (χ1v) is 6.84. The number of aliphatic hydroxyl groups excluding tert-OH is 1. The number of rotatable bonds is 8. The molecule has 0 spiro atoms. The van der Waals surface area contributed by atoms with Crippen molar-refractivity contribution in [1.29, 1.82) is 0 Å². The van der Waals surface area contributed by atoms with Crippen LogP contribution in [0.5, 0.6) is 0 Å². The first kappa shape index (κ1) is 16.9. The minimum Gasteiger partial charge on any atom is -0.396 e. The van der Waals surface area contributed by atoms with Gasteiger partial charge in [0.1, 0.15) is 11.3 Å². The summed E-state index contributed by atoms with van der Waals surface area (Å²) in [5.41, 5.74) is 0.197. The van der Waals surface area contributed by atoms with Gasteiger partial charge < -0.3 is 15.3 Å². The number of nitrogens with zero attached hydrogens (tertiary/aromatic N) is 2. The number of nitrogens with one attached hydrogen (secondary N) is 1. The summed E-state index contributed by atoms with van der Waals surface area (Å²) in [6.07, 6.45) is 2.26. The third-order valence-corrected chi connectivity index (χ3v) is 3.22. The molecule has 0 unspecified atom stereocenters. The lowest BCUT2D eigenvalue weighted by Crippen LogP contribution is -2.28. The largest absolute Gasteiger partial charge is 0.396 e. The molecule has 0 saturated carbocycles. The highest BCUT2D eigenvalue weighted by Gasteiger charge is 2.25. The highest BCUT2D eigenvalue weighted by molar-refractivity contribution is 6.00. The molecule has 0 saturated heterocycles. The van der Waals surface area contributed by atoms with Crippen molar-refractivity contribution in [2.45, 2.75) is 19.3 Å². The van der Waals surface area contributed by atoms with E-state index in [9.17, 15) is 14.9 Å². The summed E-state index contributed by atoms with van der Waals surface area (Å²) < 4.78 is 0. The third kappa shape index (κ3) is 4.42. The molecule has 1 rings (SSSR count). The Kier molecular flexibility index (Phi) is 6.61. The molecule has 0 aliphatic heterocycles. The van der Waals surface area contributed by atoms with Crippen LogP contribution < -0.4 is 5.32 Å². The topological polar surface area (TPSA) is 95.7 Å². The number of hydrogen-bond donors (Lipinski definition) is 2. The van der Waals surface area contributed by atoms with Crippen molar-refractivity contribution in [1.82, 2.24) is 4.90 Å². The van der Waals surface area contributed by atoms with Crippen molar-refractivity contribution in [2.75, 3.05) is 32.6 Å². The third-order valence-electron chi connectivity index (χ3n) is 3.22. The molecule has 1 aromatic carbocycles. The molecule has 21 heavy (non-hydrogen) atoms. The number of nitro groups is 1. The van der Waals surface area contributed by atoms with Gasteiger partial charge in [0.2, 0.25) is 0 Å². The second kappa shape index (κ2) is 8.21. The van der Waals surface area contributed by atoms with E-state index in [-0.39, 0.29) is 23.8 Å². The number of carbonyl (C=O) groups is 1. The Bertz CT molecular complexity index is 505. The van der Waals surface area contributed by atoms with Crippen LogP contribution in [0.1, 0.15) is 29.6 Å². The summed E-state index contributed by atoms with van der Waals surface area (Å²) in [5, 5.41) is 22.6. The van der Waals surface area contributed by atoms with Crippen LogP contribution >= 0.6 is 0 Å². The van der Waals surface area contributed by atoms with Crippen molar-refractivity contribution in [3.05, 3.63) is 33.9 Å². The molecule has 0 aliphatic rings. The predicted molar refractivity (Wildman–Crippen MR) is 80.5 cm³/mol. The zero-order valence-electron chi connectivity index (χ0n) is 12.3. The fourth-order valence-corrected chi connectivity index (χ4v) is 2.06. The van der Waals surface area contributed by atoms with Gasteiger partial charge in [-0.1, -0.05) is 6.07 Å². The van der Waals surface area contributed by atoms with Crippen molar-refractivity contribution in [3.8, 4) is 0 Å². The summed E-state index contributed by atoms with van der Waals surface area (Å²) in [5.74, 6) is -0.372. The number of hydrogen-bond acceptors (Lipinski definition) is 5. The van der Waals surface area contributed by atoms with Crippen LogP contribution in [0.15, 0.2) is 18.2 Å². The minimum atomic E-state index is -0.543. The molecule has 116 valence electrons. The highest BCUT2D eigenvalue weighted by Crippen LogP contribution is 2.29. The van der Waals surface area contributed by atoms with Gasteiger partial charge in [0.25, 0.3) is 5.91 Å². The Morgan fingerprint density at radius 1 is 1.38 bits per heavy atom. The number of para-hydroxylation sites is 1. The normalized spacial score (nSPS) is 10.2. The molecule has 2 N–H and O–H groups in total. The predicted octanol–water partition coefficient (Wildman–Crippen LogP) is 1.87. The van der Waals surface area contributed by atoms with E-state index in [0.29, 0.717) is 18.7 Å². The summed E-state index contributed by atoms with van der Waals surface area (Å²) >= 11 is 0. The summed E-state index contributed by atoms with van der Waals surface area (Å²) in [7, 11) is 3.20. The van der Waals surface area contributed by atoms with Gasteiger partial charge in [-0.15, -0.1) is 0 Å². The molecule has 0 atom stereocenters. The van der Waals surface area contributed by atoms with E-state index in [4.69, 9.17) is 5.11 Å².